The lowest BCUT2D eigenvalue weighted by atomic mass is 9.90. The van der Waals surface area contributed by atoms with Crippen molar-refractivity contribution in [2.45, 2.75) is 69.5 Å². The molecule has 7 heteroatoms. The maximum atomic E-state index is 10.5. The van der Waals surface area contributed by atoms with Crippen molar-refractivity contribution in [3.05, 3.63) is 0 Å². The summed E-state index contributed by atoms with van der Waals surface area (Å²) in [5, 5.41) is 20.3. The minimum absolute atomic E-state index is 0.230. The molecule has 3 aliphatic rings. The number of aliphatic hydroxyl groups excluding tert-OH is 2. The zero-order valence-corrected chi connectivity index (χ0v) is 12.2. The maximum Gasteiger partial charge on any atom is 0.190 e. The minimum Gasteiger partial charge on any atom is -0.393 e. The van der Waals surface area contributed by atoms with Gasteiger partial charge in [0.05, 0.1) is 13.2 Å². The molecule has 3 rings (SSSR count). The average molecular weight is 290 g/mol. The molecule has 0 radical (unpaired) electrons. The van der Waals surface area contributed by atoms with Crippen molar-refractivity contribution >= 4 is 0 Å². The second kappa shape index (κ2) is 4.36. The van der Waals surface area contributed by atoms with Gasteiger partial charge < -0.3 is 33.9 Å². The van der Waals surface area contributed by atoms with E-state index >= 15 is 0 Å². The average Bonchev–Trinajstić information content (AvgIpc) is 2.91. The zero-order valence-electron chi connectivity index (χ0n) is 12.2. The molecule has 0 aromatic carbocycles. The molecular weight excluding hydrogens is 268 g/mol. The van der Waals surface area contributed by atoms with Crippen molar-refractivity contribution in [2.24, 2.45) is 0 Å². The van der Waals surface area contributed by atoms with Crippen molar-refractivity contribution in [2.75, 3.05) is 13.2 Å². The van der Waals surface area contributed by atoms with Gasteiger partial charge in [-0.25, -0.2) is 0 Å². The Morgan fingerprint density at radius 3 is 2.20 bits per heavy atom. The molecule has 0 saturated carbocycles. The van der Waals surface area contributed by atoms with Crippen LogP contribution >= 0.6 is 0 Å². The minimum atomic E-state index is -1.29. The Labute approximate surface area is 117 Å². The number of hydrogen-bond donors (Lipinski definition) is 2. The molecule has 3 aliphatic heterocycles. The molecule has 7 nitrogen and oxygen atoms in total. The Hall–Kier alpha value is -0.280. The monoisotopic (exact) mass is 290 g/mol. The highest BCUT2D eigenvalue weighted by atomic mass is 16.9. The normalized spacial score (nSPS) is 49.5. The molecule has 0 spiro atoms. The van der Waals surface area contributed by atoms with Gasteiger partial charge in [0, 0.05) is 0 Å². The van der Waals surface area contributed by atoms with Gasteiger partial charge in [0.1, 0.15) is 18.3 Å². The van der Waals surface area contributed by atoms with Crippen LogP contribution in [0.3, 0.4) is 0 Å². The van der Waals surface area contributed by atoms with Gasteiger partial charge >= 0.3 is 0 Å². The molecule has 5 atom stereocenters. The van der Waals surface area contributed by atoms with Crippen LogP contribution in [-0.4, -0.2) is 65.2 Å². The zero-order chi connectivity index (χ0) is 14.8. The Bertz CT molecular complexity index is 396. The lowest BCUT2D eigenvalue weighted by Gasteiger charge is -2.36. The molecule has 0 amide bonds. The van der Waals surface area contributed by atoms with Gasteiger partial charge in [0.15, 0.2) is 23.5 Å². The third kappa shape index (κ3) is 2.09. The molecule has 3 fully saturated rings. The van der Waals surface area contributed by atoms with Crippen molar-refractivity contribution in [1.82, 2.24) is 0 Å². The van der Waals surface area contributed by atoms with Crippen molar-refractivity contribution in [3.63, 3.8) is 0 Å². The van der Waals surface area contributed by atoms with E-state index in [2.05, 4.69) is 0 Å². The van der Waals surface area contributed by atoms with Crippen LogP contribution in [0.5, 0.6) is 0 Å². The molecule has 20 heavy (non-hydrogen) atoms. The fourth-order valence-electron chi connectivity index (χ4n) is 3.05. The molecule has 0 aromatic rings. The highest BCUT2D eigenvalue weighted by Gasteiger charge is 2.66. The molecule has 3 saturated heterocycles. The molecule has 116 valence electrons. The first kappa shape index (κ1) is 14.6. The quantitative estimate of drug-likeness (QED) is 0.724. The van der Waals surface area contributed by atoms with Crippen LogP contribution in [0.4, 0.5) is 0 Å². The standard InChI is InChI=1S/C13H22O7/c1-11(2)16-5-7(17-11)13(6-14)9(15)8-10(20-13)19-12(3,4)18-8/h7-10,14-15H,5-6H2,1-4H3. The Morgan fingerprint density at radius 1 is 1.00 bits per heavy atom. The predicted octanol–water partition coefficient (Wildman–Crippen LogP) is -0.262. The lowest BCUT2D eigenvalue weighted by Crippen LogP contribution is -2.57. The van der Waals surface area contributed by atoms with E-state index in [0.717, 1.165) is 0 Å². The van der Waals surface area contributed by atoms with Crippen LogP contribution in [0, 0.1) is 0 Å². The highest BCUT2D eigenvalue weighted by molar-refractivity contribution is 5.08. The van der Waals surface area contributed by atoms with E-state index in [0.29, 0.717) is 0 Å². The second-order valence-corrected chi connectivity index (χ2v) is 6.46. The van der Waals surface area contributed by atoms with Crippen LogP contribution in [-0.2, 0) is 23.7 Å². The molecule has 2 N–H and O–H groups in total. The first-order valence-electron chi connectivity index (χ1n) is 6.83. The van der Waals surface area contributed by atoms with Gasteiger partial charge in [0.25, 0.3) is 0 Å². The smallest absolute Gasteiger partial charge is 0.190 e. The summed E-state index contributed by atoms with van der Waals surface area (Å²) in [6.07, 6.45) is -3.01. The summed E-state index contributed by atoms with van der Waals surface area (Å²) in [5.41, 5.74) is -1.29. The SMILES string of the molecule is CC1(C)OC2OC(CO)(C3COC(C)(C)O3)C(O)C2O1. The van der Waals surface area contributed by atoms with Gasteiger partial charge in [-0.05, 0) is 27.7 Å². The van der Waals surface area contributed by atoms with Crippen LogP contribution in [0.25, 0.3) is 0 Å². The Balaban J connectivity index is 1.82. The number of rotatable bonds is 2. The van der Waals surface area contributed by atoms with Crippen LogP contribution in [0.15, 0.2) is 0 Å². The fraction of sp³-hybridized carbons (Fsp3) is 1.00. The van der Waals surface area contributed by atoms with Crippen molar-refractivity contribution < 1.29 is 33.9 Å². The maximum absolute atomic E-state index is 10.5. The fourth-order valence-corrected chi connectivity index (χ4v) is 3.05. The number of hydrogen-bond acceptors (Lipinski definition) is 7. The van der Waals surface area contributed by atoms with E-state index in [9.17, 15) is 10.2 Å². The van der Waals surface area contributed by atoms with E-state index < -0.39 is 48.4 Å². The van der Waals surface area contributed by atoms with Gasteiger partial charge in [-0.1, -0.05) is 0 Å². The number of ether oxygens (including phenoxy) is 5. The molecule has 3 heterocycles. The van der Waals surface area contributed by atoms with Gasteiger partial charge in [0.2, 0.25) is 0 Å². The summed E-state index contributed by atoms with van der Waals surface area (Å²) < 4.78 is 28.3. The van der Waals surface area contributed by atoms with Crippen LogP contribution in [0.2, 0.25) is 0 Å². The molecule has 0 aliphatic carbocycles. The lowest BCUT2D eigenvalue weighted by molar-refractivity contribution is -0.272. The van der Waals surface area contributed by atoms with E-state index in [1.165, 1.54) is 0 Å². The summed E-state index contributed by atoms with van der Waals surface area (Å²) in [6.45, 7) is 6.87. The summed E-state index contributed by atoms with van der Waals surface area (Å²) in [4.78, 5) is 0. The van der Waals surface area contributed by atoms with Crippen molar-refractivity contribution in [3.8, 4) is 0 Å². The highest BCUT2D eigenvalue weighted by Crippen LogP contribution is 2.46. The van der Waals surface area contributed by atoms with Gasteiger partial charge in [-0.2, -0.15) is 0 Å². The van der Waals surface area contributed by atoms with E-state index in [1.54, 1.807) is 27.7 Å². The third-order valence-corrected chi connectivity index (χ3v) is 4.04. The van der Waals surface area contributed by atoms with Crippen molar-refractivity contribution in [1.29, 1.82) is 0 Å². The number of aliphatic hydroxyl groups is 2. The van der Waals surface area contributed by atoms with E-state index in [4.69, 9.17) is 23.7 Å². The Kier molecular flexibility index (Phi) is 3.19. The number of fused-ring (bicyclic) bond motifs is 1. The Morgan fingerprint density at radius 2 is 1.70 bits per heavy atom. The topological polar surface area (TPSA) is 86.6 Å². The predicted molar refractivity (Wildman–Crippen MR) is 65.6 cm³/mol. The third-order valence-electron chi connectivity index (χ3n) is 4.04. The molecular formula is C13H22O7. The van der Waals surface area contributed by atoms with Gasteiger partial charge in [-0.15, -0.1) is 0 Å². The summed E-state index contributed by atoms with van der Waals surface area (Å²) in [6, 6.07) is 0. The largest absolute Gasteiger partial charge is 0.393 e. The summed E-state index contributed by atoms with van der Waals surface area (Å²) in [7, 11) is 0. The van der Waals surface area contributed by atoms with Gasteiger partial charge in [-0.3, -0.25) is 0 Å². The first-order valence-corrected chi connectivity index (χ1v) is 6.83. The van der Waals surface area contributed by atoms with Crippen LogP contribution < -0.4 is 0 Å². The van der Waals surface area contributed by atoms with Crippen LogP contribution in [0.1, 0.15) is 27.7 Å². The molecule has 5 unspecified atom stereocenters. The van der Waals surface area contributed by atoms with E-state index in [1.807, 2.05) is 0 Å². The molecule has 0 bridgehead atoms. The summed E-state index contributed by atoms with van der Waals surface area (Å²) >= 11 is 0. The molecule has 0 aromatic heterocycles. The first-order chi connectivity index (χ1) is 9.19. The summed E-state index contributed by atoms with van der Waals surface area (Å²) in [5.74, 6) is -1.58. The van der Waals surface area contributed by atoms with E-state index in [-0.39, 0.29) is 6.61 Å². The second-order valence-electron chi connectivity index (χ2n) is 6.46.